The maximum atomic E-state index is 12.7. The molecule has 0 bridgehead atoms. The predicted octanol–water partition coefficient (Wildman–Crippen LogP) is 3.56. The number of urea groups is 1. The Bertz CT molecular complexity index is 798. The minimum atomic E-state index is -0.0549. The Hall–Kier alpha value is -2.60. The number of ether oxygens (including phenoxy) is 1. The van der Waals surface area contributed by atoms with Gasteiger partial charge in [0.1, 0.15) is 0 Å². The van der Waals surface area contributed by atoms with Crippen molar-refractivity contribution in [2.75, 3.05) is 26.3 Å². The van der Waals surface area contributed by atoms with Crippen LogP contribution in [0.4, 0.5) is 4.79 Å². The lowest BCUT2D eigenvalue weighted by atomic mass is 9.87. The number of benzene rings is 1. The van der Waals surface area contributed by atoms with E-state index >= 15 is 0 Å². The second-order valence-corrected chi connectivity index (χ2v) is 7.98. The topological polar surface area (TPSA) is 59.4 Å². The Morgan fingerprint density at radius 1 is 1.32 bits per heavy atom. The van der Waals surface area contributed by atoms with Crippen LogP contribution in [0.25, 0.3) is 5.69 Å². The van der Waals surface area contributed by atoms with Gasteiger partial charge in [-0.25, -0.2) is 9.48 Å². The number of aromatic nitrogens is 2. The first-order chi connectivity index (χ1) is 13.5. The summed E-state index contributed by atoms with van der Waals surface area (Å²) in [5.74, 6) is 0. The number of rotatable bonds is 7. The zero-order valence-electron chi connectivity index (χ0n) is 16.9. The van der Waals surface area contributed by atoms with Crippen LogP contribution >= 0.6 is 0 Å². The summed E-state index contributed by atoms with van der Waals surface area (Å²) in [4.78, 5) is 14.6. The Morgan fingerprint density at radius 2 is 2.11 bits per heavy atom. The molecule has 2 heterocycles. The fraction of sp³-hybridized carbons (Fsp3) is 0.455. The van der Waals surface area contributed by atoms with E-state index in [9.17, 15) is 4.79 Å². The van der Waals surface area contributed by atoms with E-state index in [1.165, 1.54) is 5.69 Å². The molecule has 0 fully saturated rings. The lowest BCUT2D eigenvalue weighted by Gasteiger charge is -2.30. The van der Waals surface area contributed by atoms with Crippen molar-refractivity contribution in [3.63, 3.8) is 0 Å². The summed E-state index contributed by atoms with van der Waals surface area (Å²) in [5.41, 5.74) is 3.29. The van der Waals surface area contributed by atoms with E-state index in [0.29, 0.717) is 32.8 Å². The van der Waals surface area contributed by atoms with Crippen molar-refractivity contribution in [3.05, 3.63) is 60.4 Å². The Morgan fingerprint density at radius 3 is 2.86 bits per heavy atom. The highest BCUT2D eigenvalue weighted by molar-refractivity contribution is 5.74. The van der Waals surface area contributed by atoms with Gasteiger partial charge in [-0.1, -0.05) is 38.1 Å². The summed E-state index contributed by atoms with van der Waals surface area (Å²) < 4.78 is 7.47. The van der Waals surface area contributed by atoms with Gasteiger partial charge in [0.05, 0.1) is 31.6 Å². The Kier molecular flexibility index (Phi) is 6.52. The largest absolute Gasteiger partial charge is 0.379 e. The zero-order valence-corrected chi connectivity index (χ0v) is 16.9. The van der Waals surface area contributed by atoms with Crippen LogP contribution in [-0.2, 0) is 17.7 Å². The second kappa shape index (κ2) is 9.06. The SMILES string of the molecule is C=CCCOCCNC(=O)N1Cc2cnn(-c3ccccc3)c2CC(C)(C)C1. The summed E-state index contributed by atoms with van der Waals surface area (Å²) >= 11 is 0. The Balaban J connectivity index is 1.69. The standard InChI is InChI=1S/C22H30N4O2/c1-4-5-12-28-13-11-23-21(27)25-16-18-15-24-26(19-9-7-6-8-10-19)20(18)14-22(2,3)17-25/h4,6-10,15H,1,5,11-14,16-17H2,2-3H3,(H,23,27). The van der Waals surface area contributed by atoms with Gasteiger partial charge < -0.3 is 15.0 Å². The molecule has 1 aliphatic rings. The van der Waals surface area contributed by atoms with Crippen LogP contribution in [0.2, 0.25) is 0 Å². The van der Waals surface area contributed by atoms with Crippen molar-refractivity contribution in [1.82, 2.24) is 20.0 Å². The zero-order chi connectivity index (χ0) is 20.0. The molecule has 1 aromatic heterocycles. The first kappa shape index (κ1) is 20.1. The first-order valence-corrected chi connectivity index (χ1v) is 9.83. The number of nitrogens with one attached hydrogen (secondary N) is 1. The predicted molar refractivity (Wildman–Crippen MR) is 110 cm³/mol. The highest BCUT2D eigenvalue weighted by atomic mass is 16.5. The van der Waals surface area contributed by atoms with E-state index in [4.69, 9.17) is 4.74 Å². The van der Waals surface area contributed by atoms with Crippen LogP contribution in [0.1, 0.15) is 31.5 Å². The average Bonchev–Trinajstić information content (AvgIpc) is 2.99. The van der Waals surface area contributed by atoms with Gasteiger partial charge >= 0.3 is 6.03 Å². The molecular formula is C22H30N4O2. The number of para-hydroxylation sites is 1. The molecule has 2 amide bonds. The van der Waals surface area contributed by atoms with Crippen molar-refractivity contribution in [1.29, 1.82) is 0 Å². The van der Waals surface area contributed by atoms with Crippen molar-refractivity contribution < 1.29 is 9.53 Å². The molecule has 0 saturated heterocycles. The molecule has 3 rings (SSSR count). The number of hydrogen-bond donors (Lipinski definition) is 1. The number of amides is 2. The molecule has 2 aromatic rings. The van der Waals surface area contributed by atoms with Crippen molar-refractivity contribution in [2.45, 2.75) is 33.2 Å². The molecule has 6 heteroatoms. The van der Waals surface area contributed by atoms with Gasteiger partial charge in [0.25, 0.3) is 0 Å². The van der Waals surface area contributed by atoms with Crippen molar-refractivity contribution >= 4 is 6.03 Å². The van der Waals surface area contributed by atoms with E-state index in [2.05, 4.69) is 43.0 Å². The van der Waals surface area contributed by atoms with Crippen LogP contribution in [-0.4, -0.2) is 47.0 Å². The molecule has 28 heavy (non-hydrogen) atoms. The summed E-state index contributed by atoms with van der Waals surface area (Å²) in [5, 5.41) is 7.58. The number of hydrogen-bond acceptors (Lipinski definition) is 3. The highest BCUT2D eigenvalue weighted by Crippen LogP contribution is 2.31. The molecule has 0 saturated carbocycles. The smallest absolute Gasteiger partial charge is 0.317 e. The third kappa shape index (κ3) is 5.01. The van der Waals surface area contributed by atoms with Crippen LogP contribution in [0.3, 0.4) is 0 Å². The summed E-state index contributed by atoms with van der Waals surface area (Å²) in [6, 6.07) is 10.1. The lowest BCUT2D eigenvalue weighted by Crippen LogP contribution is -2.44. The summed E-state index contributed by atoms with van der Waals surface area (Å²) in [7, 11) is 0. The van der Waals surface area contributed by atoms with Gasteiger partial charge in [-0.15, -0.1) is 6.58 Å². The third-order valence-corrected chi connectivity index (χ3v) is 4.86. The molecule has 0 unspecified atom stereocenters. The second-order valence-electron chi connectivity index (χ2n) is 7.98. The maximum absolute atomic E-state index is 12.7. The third-order valence-electron chi connectivity index (χ3n) is 4.86. The van der Waals surface area contributed by atoms with E-state index < -0.39 is 0 Å². The van der Waals surface area contributed by atoms with Gasteiger partial charge in [0, 0.05) is 24.3 Å². The van der Waals surface area contributed by atoms with Gasteiger partial charge in [0.2, 0.25) is 0 Å². The van der Waals surface area contributed by atoms with Crippen LogP contribution in [0.5, 0.6) is 0 Å². The van der Waals surface area contributed by atoms with Gasteiger partial charge in [0.15, 0.2) is 0 Å². The van der Waals surface area contributed by atoms with Gasteiger partial charge in [-0.05, 0) is 30.4 Å². The van der Waals surface area contributed by atoms with Crippen LogP contribution in [0.15, 0.2) is 49.2 Å². The lowest BCUT2D eigenvalue weighted by molar-refractivity contribution is 0.134. The molecule has 1 N–H and O–H groups in total. The molecule has 1 aromatic carbocycles. The van der Waals surface area contributed by atoms with Crippen molar-refractivity contribution in [2.24, 2.45) is 5.41 Å². The van der Waals surface area contributed by atoms with Gasteiger partial charge in [-0.3, -0.25) is 0 Å². The molecule has 0 atom stereocenters. The monoisotopic (exact) mass is 382 g/mol. The quantitative estimate of drug-likeness (QED) is 0.588. The molecular weight excluding hydrogens is 352 g/mol. The molecule has 150 valence electrons. The fourth-order valence-electron chi connectivity index (χ4n) is 3.56. The first-order valence-electron chi connectivity index (χ1n) is 9.83. The Labute approximate surface area is 167 Å². The highest BCUT2D eigenvalue weighted by Gasteiger charge is 2.32. The van der Waals surface area contributed by atoms with Crippen LogP contribution in [0, 0.1) is 5.41 Å². The number of fused-ring (bicyclic) bond motifs is 1. The minimum absolute atomic E-state index is 0.0460. The van der Waals surface area contributed by atoms with E-state index in [-0.39, 0.29) is 11.4 Å². The minimum Gasteiger partial charge on any atom is -0.379 e. The maximum Gasteiger partial charge on any atom is 0.317 e. The molecule has 0 spiro atoms. The fourth-order valence-corrected chi connectivity index (χ4v) is 3.56. The summed E-state index contributed by atoms with van der Waals surface area (Å²) in [6.07, 6.45) is 5.40. The molecule has 1 aliphatic heterocycles. The number of carbonyl (C=O) groups excluding carboxylic acids is 1. The van der Waals surface area contributed by atoms with Gasteiger partial charge in [-0.2, -0.15) is 5.10 Å². The van der Waals surface area contributed by atoms with Crippen molar-refractivity contribution in [3.8, 4) is 5.69 Å². The average molecular weight is 383 g/mol. The van der Waals surface area contributed by atoms with E-state index in [0.717, 1.165) is 24.1 Å². The normalized spacial score (nSPS) is 15.6. The van der Waals surface area contributed by atoms with E-state index in [1.807, 2.05) is 40.1 Å². The molecule has 0 aliphatic carbocycles. The number of nitrogens with zero attached hydrogens (tertiary/aromatic N) is 3. The van der Waals surface area contributed by atoms with E-state index in [1.54, 1.807) is 0 Å². The van der Waals surface area contributed by atoms with Crippen LogP contribution < -0.4 is 5.32 Å². The molecule has 6 nitrogen and oxygen atoms in total. The number of carbonyl (C=O) groups is 1. The molecule has 0 radical (unpaired) electrons. The summed E-state index contributed by atoms with van der Waals surface area (Å²) in [6.45, 7) is 11.0.